The minimum atomic E-state index is 0.272. The number of unbranched alkanes of at least 4 members (excludes halogenated alkanes) is 1. The molecule has 0 unspecified atom stereocenters. The first-order valence-corrected chi connectivity index (χ1v) is 20.7. The van der Waals surface area contributed by atoms with Crippen LogP contribution in [0.1, 0.15) is 72.8 Å². The average Bonchev–Trinajstić information content (AvgIpc) is 3.28. The smallest absolute Gasteiger partial charge is 0.00950 e. The Labute approximate surface area is 340 Å². The number of rotatable bonds is 13. The highest BCUT2D eigenvalue weighted by Crippen LogP contribution is 2.38. The quantitative estimate of drug-likeness (QED) is 0.111. The monoisotopic (exact) mass is 736 g/mol. The molecule has 0 bridgehead atoms. The topological polar surface area (TPSA) is 0 Å². The van der Waals surface area contributed by atoms with Crippen molar-refractivity contribution in [2.75, 3.05) is 0 Å². The maximum Gasteiger partial charge on any atom is 0.00950 e. The zero-order valence-electron chi connectivity index (χ0n) is 33.5. The SMILES string of the molecule is CCCCc1ccc(-c2ccc(-c3ccc([C@H](C)CC(c4ccc(-c5ccccc5)cc4)c4ccc(-c5ccccc5)cc4)cc3)cc2)cc1-c1ccccc1C. The molecular weight excluding hydrogens is 685 g/mol. The molecule has 8 rings (SSSR count). The molecule has 0 heterocycles. The third-order valence-electron chi connectivity index (χ3n) is 11.8. The highest BCUT2D eigenvalue weighted by Gasteiger charge is 2.20. The Balaban J connectivity index is 1.02. The third-order valence-corrected chi connectivity index (χ3v) is 11.8. The maximum atomic E-state index is 2.40. The van der Waals surface area contributed by atoms with E-state index in [-0.39, 0.29) is 5.92 Å². The van der Waals surface area contributed by atoms with Crippen LogP contribution in [-0.2, 0) is 6.42 Å². The van der Waals surface area contributed by atoms with Gasteiger partial charge in [0.15, 0.2) is 0 Å². The highest BCUT2D eigenvalue weighted by atomic mass is 14.2. The van der Waals surface area contributed by atoms with Crippen molar-refractivity contribution in [3.63, 3.8) is 0 Å². The molecule has 0 nitrogen and oxygen atoms in total. The van der Waals surface area contributed by atoms with Crippen LogP contribution >= 0.6 is 0 Å². The molecule has 0 aliphatic heterocycles. The first kappa shape index (κ1) is 37.7. The van der Waals surface area contributed by atoms with Gasteiger partial charge in [-0.25, -0.2) is 0 Å². The van der Waals surface area contributed by atoms with E-state index in [1.807, 2.05) is 0 Å². The fourth-order valence-corrected chi connectivity index (χ4v) is 8.36. The van der Waals surface area contributed by atoms with E-state index in [1.165, 1.54) is 96.3 Å². The molecule has 8 aromatic carbocycles. The molecule has 57 heavy (non-hydrogen) atoms. The lowest BCUT2D eigenvalue weighted by atomic mass is 9.81. The van der Waals surface area contributed by atoms with Crippen LogP contribution in [-0.4, -0.2) is 0 Å². The summed E-state index contributed by atoms with van der Waals surface area (Å²) in [5.74, 6) is 0.644. The molecule has 0 aliphatic carbocycles. The van der Waals surface area contributed by atoms with Gasteiger partial charge in [0.1, 0.15) is 0 Å². The van der Waals surface area contributed by atoms with Crippen molar-refractivity contribution in [3.05, 3.63) is 228 Å². The van der Waals surface area contributed by atoms with Crippen LogP contribution in [0.3, 0.4) is 0 Å². The van der Waals surface area contributed by atoms with E-state index in [2.05, 4.69) is 221 Å². The summed E-state index contributed by atoms with van der Waals surface area (Å²) in [4.78, 5) is 0. The zero-order chi connectivity index (χ0) is 39.0. The minimum absolute atomic E-state index is 0.272. The van der Waals surface area contributed by atoms with Crippen molar-refractivity contribution in [2.24, 2.45) is 0 Å². The van der Waals surface area contributed by atoms with Crippen molar-refractivity contribution in [1.29, 1.82) is 0 Å². The molecule has 0 saturated heterocycles. The van der Waals surface area contributed by atoms with Gasteiger partial charge < -0.3 is 0 Å². The second kappa shape index (κ2) is 17.7. The second-order valence-corrected chi connectivity index (χ2v) is 15.7. The predicted octanol–water partition coefficient (Wildman–Crippen LogP) is 16.0. The predicted molar refractivity (Wildman–Crippen MR) is 245 cm³/mol. The Bertz CT molecular complexity index is 2410. The molecule has 0 heteroatoms. The van der Waals surface area contributed by atoms with E-state index < -0.39 is 0 Å². The molecule has 0 fully saturated rings. The van der Waals surface area contributed by atoms with Gasteiger partial charge >= 0.3 is 0 Å². The fraction of sp³-hybridized carbons (Fsp3) is 0.158. The van der Waals surface area contributed by atoms with Crippen LogP contribution in [0.15, 0.2) is 200 Å². The van der Waals surface area contributed by atoms with Crippen molar-refractivity contribution in [3.8, 4) is 55.6 Å². The van der Waals surface area contributed by atoms with Crippen molar-refractivity contribution in [1.82, 2.24) is 0 Å². The molecule has 0 radical (unpaired) electrons. The van der Waals surface area contributed by atoms with Crippen LogP contribution < -0.4 is 0 Å². The summed E-state index contributed by atoms with van der Waals surface area (Å²) in [5, 5.41) is 0. The first-order chi connectivity index (χ1) is 28.0. The molecule has 0 aromatic heterocycles. The number of aryl methyl sites for hydroxylation is 2. The minimum Gasteiger partial charge on any atom is -0.0654 e. The summed E-state index contributed by atoms with van der Waals surface area (Å²) in [6.07, 6.45) is 4.53. The highest BCUT2D eigenvalue weighted by molar-refractivity contribution is 5.78. The van der Waals surface area contributed by atoms with Gasteiger partial charge in [0.05, 0.1) is 0 Å². The summed E-state index contributed by atoms with van der Waals surface area (Å²) < 4.78 is 0. The Morgan fingerprint density at radius 1 is 0.386 bits per heavy atom. The van der Waals surface area contributed by atoms with E-state index in [0.29, 0.717) is 5.92 Å². The molecule has 1 atom stereocenters. The lowest BCUT2D eigenvalue weighted by Gasteiger charge is -2.23. The normalized spacial score (nSPS) is 11.8. The Hall–Kier alpha value is -6.24. The van der Waals surface area contributed by atoms with E-state index >= 15 is 0 Å². The first-order valence-electron chi connectivity index (χ1n) is 20.7. The summed E-state index contributed by atoms with van der Waals surface area (Å²) in [7, 11) is 0. The number of hydrogen-bond donors (Lipinski definition) is 0. The van der Waals surface area contributed by atoms with Gasteiger partial charge in [-0.2, -0.15) is 0 Å². The number of hydrogen-bond acceptors (Lipinski definition) is 0. The Morgan fingerprint density at radius 3 is 1.28 bits per heavy atom. The van der Waals surface area contributed by atoms with E-state index in [4.69, 9.17) is 0 Å². The van der Waals surface area contributed by atoms with Crippen LogP contribution in [0, 0.1) is 6.92 Å². The van der Waals surface area contributed by atoms with Crippen LogP contribution in [0.2, 0.25) is 0 Å². The van der Waals surface area contributed by atoms with E-state index in [9.17, 15) is 0 Å². The molecule has 0 saturated carbocycles. The summed E-state index contributed by atoms with van der Waals surface area (Å²) in [6.45, 7) is 6.87. The van der Waals surface area contributed by atoms with Gasteiger partial charge in [0.2, 0.25) is 0 Å². The molecule has 0 N–H and O–H groups in total. The fourth-order valence-electron chi connectivity index (χ4n) is 8.36. The molecule has 0 spiro atoms. The second-order valence-electron chi connectivity index (χ2n) is 15.7. The van der Waals surface area contributed by atoms with E-state index in [1.54, 1.807) is 0 Å². The van der Waals surface area contributed by atoms with Gasteiger partial charge in [0.25, 0.3) is 0 Å². The van der Waals surface area contributed by atoms with Crippen molar-refractivity contribution >= 4 is 0 Å². The third kappa shape index (κ3) is 8.77. The largest absolute Gasteiger partial charge is 0.0654 e. The summed E-state index contributed by atoms with van der Waals surface area (Å²) >= 11 is 0. The molecular formula is C57H52. The van der Waals surface area contributed by atoms with Crippen LogP contribution in [0.5, 0.6) is 0 Å². The van der Waals surface area contributed by atoms with Gasteiger partial charge in [0, 0.05) is 5.92 Å². The molecule has 0 amide bonds. The lowest BCUT2D eigenvalue weighted by molar-refractivity contribution is 0.617. The van der Waals surface area contributed by atoms with Crippen LogP contribution in [0.4, 0.5) is 0 Å². The van der Waals surface area contributed by atoms with Gasteiger partial charge in [-0.1, -0.05) is 214 Å². The standard InChI is InChI=1S/C57H52/c1-4-5-15-51-37-38-54(40-57(51)55-20-13-12-14-41(55)2)50-27-25-49(26-28-50)48-23-21-43(22-24-48)42(3)39-56(52-33-29-46(30-34-52)44-16-8-6-9-17-44)53-35-31-47(32-36-53)45-18-10-7-11-19-45/h6-14,16-38,40,42,56H,4-5,15,39H2,1-3H3/t42-/m1/s1. The van der Waals surface area contributed by atoms with Gasteiger partial charge in [-0.15, -0.1) is 0 Å². The van der Waals surface area contributed by atoms with E-state index in [0.717, 1.165) is 12.8 Å². The van der Waals surface area contributed by atoms with Gasteiger partial charge in [-0.3, -0.25) is 0 Å². The Morgan fingerprint density at radius 2 is 0.789 bits per heavy atom. The Kier molecular flexibility index (Phi) is 11.7. The zero-order valence-corrected chi connectivity index (χ0v) is 33.5. The summed E-state index contributed by atoms with van der Waals surface area (Å²) in [5.41, 5.74) is 19.6. The lowest BCUT2D eigenvalue weighted by Crippen LogP contribution is -2.06. The molecule has 280 valence electrons. The van der Waals surface area contributed by atoms with Crippen molar-refractivity contribution in [2.45, 2.75) is 58.3 Å². The average molecular weight is 737 g/mol. The van der Waals surface area contributed by atoms with Crippen LogP contribution in [0.25, 0.3) is 55.6 Å². The number of benzene rings is 8. The van der Waals surface area contributed by atoms with Gasteiger partial charge in [-0.05, 0) is 122 Å². The van der Waals surface area contributed by atoms with Crippen molar-refractivity contribution < 1.29 is 0 Å². The molecule has 8 aromatic rings. The summed E-state index contributed by atoms with van der Waals surface area (Å²) in [6, 6.07) is 74.1. The maximum absolute atomic E-state index is 2.40. The molecule has 0 aliphatic rings.